The number of piperidine rings is 4. The van der Waals surface area contributed by atoms with Crippen molar-refractivity contribution < 1.29 is 81.6 Å². The summed E-state index contributed by atoms with van der Waals surface area (Å²) in [7, 11) is 0. The summed E-state index contributed by atoms with van der Waals surface area (Å²) in [6.07, 6.45) is 21.4. The van der Waals surface area contributed by atoms with E-state index in [1.165, 1.54) is 92.2 Å². The molecule has 0 bridgehead atoms. The van der Waals surface area contributed by atoms with Crippen LogP contribution in [0.5, 0.6) is 11.5 Å². The van der Waals surface area contributed by atoms with E-state index < -0.39 is 35.8 Å². The average Bonchev–Trinajstić information content (AvgIpc) is 1.73. The molecule has 9 heterocycles. The summed E-state index contributed by atoms with van der Waals surface area (Å²) in [6.45, 7) is 16.3. The van der Waals surface area contributed by atoms with Gasteiger partial charge in [0.05, 0.1) is 56.7 Å². The van der Waals surface area contributed by atoms with Gasteiger partial charge in [0, 0.05) is 171 Å². The summed E-state index contributed by atoms with van der Waals surface area (Å²) in [5.74, 6) is 0.988. The number of oxime groups is 4. The second-order valence-corrected chi connectivity index (χ2v) is 42.7. The molecule has 0 aromatic heterocycles. The first-order chi connectivity index (χ1) is 65.4. The molecule has 136 heavy (non-hydrogen) atoms. The van der Waals surface area contributed by atoms with Crippen LogP contribution < -0.4 is 9.47 Å². The van der Waals surface area contributed by atoms with Crippen LogP contribution in [0.2, 0.25) is 15.1 Å². The number of carbonyl (C=O) groups is 4. The summed E-state index contributed by atoms with van der Waals surface area (Å²) in [5.41, 5.74) is 22.0. The van der Waals surface area contributed by atoms with Gasteiger partial charge in [-0.25, -0.2) is 19.2 Å². The average molecular weight is 1910 g/mol. The minimum Gasteiger partial charge on any atom is -0.493 e. The summed E-state index contributed by atoms with van der Waals surface area (Å²) in [6, 6.07) is 44.9. The highest BCUT2D eigenvalue weighted by Crippen LogP contribution is 2.56. The molecule has 6 aliphatic carbocycles. The van der Waals surface area contributed by atoms with Gasteiger partial charge in [-0.1, -0.05) is 154 Å². The van der Waals surface area contributed by atoms with Crippen LogP contribution in [0.1, 0.15) is 335 Å². The number of hydrogen-bond acceptors (Lipinski definition) is 18. The van der Waals surface area contributed by atoms with Gasteiger partial charge < -0.3 is 49.3 Å². The minimum absolute atomic E-state index is 0.0127. The molecule has 6 saturated carbocycles. The molecule has 4 spiro atoms. The SMILES string of the molecule is CC1(C)CCOc2c(C3CC3)cc(CN3CCC4(CC3)CC(c3ccc(C(=O)O)cc3)=NO4)cc21.O=C(O)c1ccc(C2=NOC3(CCN(Cc4cc(C5CC5)c(C5CC5)cc4C4CC4)CC3)C2)cc1.O=C(O)c1ccc(C2=NOC3(CCN(Cc4cc(C5CC5)c(Cl)cc4Cl)CC3)C2)cc1.O=C(O)c1ccc(C2=NOC3(CCN(Cc4cc(Cl)c(OC(F)(F)F)c(C5CC5)c4)CC3)C2)cc1. The van der Waals surface area contributed by atoms with E-state index >= 15 is 0 Å². The van der Waals surface area contributed by atoms with Gasteiger partial charge in [0.1, 0.15) is 28.2 Å². The first kappa shape index (κ1) is 93.3. The van der Waals surface area contributed by atoms with E-state index in [9.17, 15) is 32.3 Å². The highest BCUT2D eigenvalue weighted by Gasteiger charge is 2.49. The van der Waals surface area contributed by atoms with Gasteiger partial charge in [0.2, 0.25) is 0 Å². The number of benzene rings is 8. The van der Waals surface area contributed by atoms with E-state index in [1.807, 2.05) is 30.3 Å². The molecule has 0 atom stereocenters. The third-order valence-corrected chi connectivity index (χ3v) is 31.7. The van der Waals surface area contributed by atoms with E-state index in [0.29, 0.717) is 41.5 Å². The number of likely N-dealkylation sites (tertiary alicyclic amines) is 4. The van der Waals surface area contributed by atoms with E-state index in [0.717, 1.165) is 253 Å². The molecule has 0 amide bonds. The van der Waals surface area contributed by atoms with Crippen molar-refractivity contribution in [3.05, 3.63) is 266 Å². The summed E-state index contributed by atoms with van der Waals surface area (Å²) in [4.78, 5) is 78.1. The monoisotopic (exact) mass is 1910 g/mol. The van der Waals surface area contributed by atoms with Gasteiger partial charge in [0.15, 0.2) is 5.75 Å². The minimum atomic E-state index is -4.78. The number of nitrogens with zero attached hydrogens (tertiary/aromatic N) is 8. The Kier molecular flexibility index (Phi) is 26.1. The van der Waals surface area contributed by atoms with Crippen molar-refractivity contribution in [3.8, 4) is 11.5 Å². The van der Waals surface area contributed by atoms with Crippen LogP contribution in [-0.4, -0.2) is 174 Å². The van der Waals surface area contributed by atoms with Crippen molar-refractivity contribution in [2.24, 2.45) is 20.6 Å². The Morgan fingerprint density at radius 2 is 0.684 bits per heavy atom. The Balaban J connectivity index is 0.000000112. The fraction of sp³-hybridized carbons (Fsp3) is 0.481. The fourth-order valence-electron chi connectivity index (χ4n) is 21.4. The van der Waals surface area contributed by atoms with E-state index in [4.69, 9.17) is 79.3 Å². The van der Waals surface area contributed by atoms with Crippen LogP contribution in [0.25, 0.3) is 0 Å². The molecular formula is C108H116Cl3F3N8O14. The number of ether oxygens (including phenoxy) is 2. The van der Waals surface area contributed by atoms with E-state index in [1.54, 1.807) is 107 Å². The Morgan fingerprint density at radius 3 is 1.05 bits per heavy atom. The normalized spacial score (nSPS) is 21.8. The molecule has 8 aromatic carbocycles. The Labute approximate surface area is 805 Å². The maximum Gasteiger partial charge on any atom is 0.573 e. The first-order valence-electron chi connectivity index (χ1n) is 48.7. The van der Waals surface area contributed by atoms with Crippen molar-refractivity contribution in [1.29, 1.82) is 0 Å². The predicted octanol–water partition coefficient (Wildman–Crippen LogP) is 23.4. The molecule has 714 valence electrons. The van der Waals surface area contributed by atoms with Crippen LogP contribution in [0.3, 0.4) is 0 Å². The Hall–Kier alpha value is -10.4. The molecule has 4 saturated heterocycles. The zero-order chi connectivity index (χ0) is 94.2. The third kappa shape index (κ3) is 21.6. The van der Waals surface area contributed by atoms with Crippen LogP contribution in [0, 0.1) is 0 Å². The second-order valence-electron chi connectivity index (χ2n) is 41.5. The van der Waals surface area contributed by atoms with Gasteiger partial charge in [-0.15, -0.1) is 13.2 Å². The highest BCUT2D eigenvalue weighted by atomic mass is 35.5. The number of halogens is 6. The first-order valence-corrected chi connectivity index (χ1v) is 49.8. The predicted molar refractivity (Wildman–Crippen MR) is 514 cm³/mol. The number of carboxylic acid groups (broad SMARTS) is 4. The lowest BCUT2D eigenvalue weighted by molar-refractivity contribution is -0.274. The molecule has 8 aromatic rings. The quantitative estimate of drug-likeness (QED) is 0.0463. The molecular weight excluding hydrogens is 1800 g/mol. The number of carboxylic acids is 4. The van der Waals surface area contributed by atoms with Crippen molar-refractivity contribution in [2.75, 3.05) is 59.0 Å². The van der Waals surface area contributed by atoms with E-state index in [2.05, 4.69) is 89.1 Å². The zero-order valence-corrected chi connectivity index (χ0v) is 79.2. The van der Waals surface area contributed by atoms with Crippen LogP contribution in [0.4, 0.5) is 13.2 Å². The smallest absolute Gasteiger partial charge is 0.493 e. The number of fused-ring (bicyclic) bond motifs is 1. The second kappa shape index (κ2) is 38.1. The standard InChI is InChI=1S/C30H34N2O3.C29H34N2O4.C25H24ClF3N2O4.C24H24Cl2N2O3/c33-29(34)23-9-7-22(8-10-23)28-17-30(35-31-28)11-13-32(14-12-30)18-24-15-26(20-3-4-20)27(21-5-6-21)16-25(24)19-1-2-19;1-28(2)11-14-34-26-23(20-3-4-20)15-19(16-24(26)28)18-31-12-9-29(10-13-31)17-25(30-35-29)21-5-7-22(8-6-21)27(32)33;26-20-12-15(11-19(16-1-2-16)22(20)34-25(27,28)29)14-31-9-7-24(8-10-31)13-21(30-35-24)17-3-5-18(6-4-17)23(32)33;25-20-12-21(26)19(15-1-2-15)11-18(20)14-28-9-7-24(8-10-28)13-22(27-31-24)16-3-5-17(6-4-16)23(29)30/h7-10,15-16,19-21H,1-6,11-14,17-18H2,(H,33,34);5-8,15-16,20H,3-4,9-14,17-18H2,1-2H3,(H,32,33);3-6,11-12,16H,1-2,7-10,13-14H2,(H,32,33);3-6,11-12,15H,1-2,7-10,13-14H2,(H,29,30). The molecule has 4 N–H and O–H groups in total. The maximum absolute atomic E-state index is 12.9. The lowest BCUT2D eigenvalue weighted by atomic mass is 9.77. The number of hydrogen-bond donors (Lipinski definition) is 4. The van der Waals surface area contributed by atoms with Gasteiger partial charge in [-0.2, -0.15) is 0 Å². The van der Waals surface area contributed by atoms with Gasteiger partial charge in [0.25, 0.3) is 0 Å². The van der Waals surface area contributed by atoms with Crippen molar-refractivity contribution in [3.63, 3.8) is 0 Å². The van der Waals surface area contributed by atoms with E-state index in [-0.39, 0.29) is 50.0 Å². The topological polar surface area (TPSA) is 267 Å². The third-order valence-electron chi connectivity index (χ3n) is 30.7. The summed E-state index contributed by atoms with van der Waals surface area (Å²) < 4.78 is 49.0. The van der Waals surface area contributed by atoms with Crippen molar-refractivity contribution >= 4 is 81.5 Å². The largest absolute Gasteiger partial charge is 0.573 e. The van der Waals surface area contributed by atoms with Gasteiger partial charge in [-0.05, 0) is 263 Å². The molecule has 23 rings (SSSR count). The zero-order valence-electron chi connectivity index (χ0n) is 76.9. The number of rotatable bonds is 23. The molecule has 0 radical (unpaired) electrons. The lowest BCUT2D eigenvalue weighted by Gasteiger charge is -2.38. The highest BCUT2D eigenvalue weighted by molar-refractivity contribution is 6.35. The molecule has 0 unspecified atom stereocenters. The summed E-state index contributed by atoms with van der Waals surface area (Å²) in [5, 5.41) is 55.4. The van der Waals surface area contributed by atoms with Crippen LogP contribution >= 0.6 is 34.8 Å². The Morgan fingerprint density at radius 1 is 0.368 bits per heavy atom. The number of alkyl halides is 3. The molecule has 22 nitrogen and oxygen atoms in total. The lowest BCUT2D eigenvalue weighted by Crippen LogP contribution is -2.44. The van der Waals surface area contributed by atoms with Gasteiger partial charge in [-0.3, -0.25) is 19.6 Å². The van der Waals surface area contributed by atoms with Crippen molar-refractivity contribution in [1.82, 2.24) is 19.6 Å². The maximum atomic E-state index is 12.9. The van der Waals surface area contributed by atoms with Crippen LogP contribution in [0.15, 0.2) is 166 Å². The summed E-state index contributed by atoms with van der Waals surface area (Å²) >= 11 is 19.1. The Bertz CT molecular complexity index is 6010. The molecule has 15 aliphatic rings. The van der Waals surface area contributed by atoms with Gasteiger partial charge >= 0.3 is 30.2 Å². The fourth-order valence-corrected chi connectivity index (χ4v) is 22.3. The van der Waals surface area contributed by atoms with Crippen molar-refractivity contribution in [2.45, 2.75) is 270 Å². The molecule has 10 fully saturated rings. The van der Waals surface area contributed by atoms with Crippen LogP contribution in [-0.2, 0) is 50.9 Å². The number of aromatic carboxylic acids is 4. The molecule has 28 heteroatoms. The molecule has 9 aliphatic heterocycles.